The van der Waals surface area contributed by atoms with Gasteiger partial charge in [-0.25, -0.2) is 13.1 Å². The predicted octanol–water partition coefficient (Wildman–Crippen LogP) is 3.77. The van der Waals surface area contributed by atoms with Gasteiger partial charge in [0.2, 0.25) is 10.0 Å². The Labute approximate surface area is 150 Å². The molecule has 0 aliphatic heterocycles. The maximum absolute atomic E-state index is 12.9. The van der Waals surface area contributed by atoms with Crippen molar-refractivity contribution in [1.82, 2.24) is 4.72 Å². The van der Waals surface area contributed by atoms with Gasteiger partial charge in [0.15, 0.2) is 5.78 Å². The molecule has 1 aromatic carbocycles. The van der Waals surface area contributed by atoms with Gasteiger partial charge in [0.1, 0.15) is 0 Å². The highest BCUT2D eigenvalue weighted by molar-refractivity contribution is 7.89. The molecule has 1 atom stereocenters. The van der Waals surface area contributed by atoms with Gasteiger partial charge in [-0.15, -0.1) is 0 Å². The van der Waals surface area contributed by atoms with Crippen molar-refractivity contribution in [3.8, 4) is 0 Å². The Balaban J connectivity index is 1.57. The topological polar surface area (TPSA) is 63.2 Å². The fourth-order valence-electron chi connectivity index (χ4n) is 6.02. The molecule has 4 aliphatic rings. The lowest BCUT2D eigenvalue weighted by Crippen LogP contribution is -2.55. The molecule has 5 rings (SSSR count). The van der Waals surface area contributed by atoms with Crippen LogP contribution in [0.5, 0.6) is 0 Å². The van der Waals surface area contributed by atoms with Gasteiger partial charge in [-0.2, -0.15) is 0 Å². The van der Waals surface area contributed by atoms with E-state index in [1.54, 1.807) is 18.2 Å². The molecule has 4 aliphatic carbocycles. The summed E-state index contributed by atoms with van der Waals surface area (Å²) in [5, 5.41) is 0. The summed E-state index contributed by atoms with van der Waals surface area (Å²) in [6, 6.07) is 6.29. The number of sulfonamides is 1. The van der Waals surface area contributed by atoms with Gasteiger partial charge in [-0.3, -0.25) is 4.79 Å². The average Bonchev–Trinajstić information content (AvgIpc) is 2.53. The predicted molar refractivity (Wildman–Crippen MR) is 96.8 cm³/mol. The Morgan fingerprint density at radius 3 is 2.20 bits per heavy atom. The first kappa shape index (κ1) is 17.2. The lowest BCUT2D eigenvalue weighted by Gasteiger charge is -2.59. The Morgan fingerprint density at radius 2 is 1.68 bits per heavy atom. The molecule has 0 radical (unpaired) electrons. The molecule has 0 amide bonds. The van der Waals surface area contributed by atoms with E-state index < -0.39 is 10.0 Å². The number of benzene rings is 1. The van der Waals surface area contributed by atoms with Crippen LogP contribution in [-0.2, 0) is 10.0 Å². The minimum Gasteiger partial charge on any atom is -0.295 e. The molecular formula is C20H27NO3S. The molecule has 4 bridgehead atoms. The third-order valence-electron chi connectivity index (χ3n) is 6.89. The summed E-state index contributed by atoms with van der Waals surface area (Å²) in [7, 11) is -3.61. The van der Waals surface area contributed by atoms with Crippen LogP contribution in [-0.4, -0.2) is 20.2 Å². The SMILES string of the molecule is CC(=O)c1cccc(S(=O)(=O)NC(C)C23CC4CC(CC(C4)C2)C3)c1. The highest BCUT2D eigenvalue weighted by atomic mass is 32.2. The second-order valence-corrected chi connectivity index (χ2v) is 10.4. The first-order valence-corrected chi connectivity index (χ1v) is 10.9. The second kappa shape index (κ2) is 5.92. The molecule has 0 saturated heterocycles. The fourth-order valence-corrected chi connectivity index (χ4v) is 7.41. The molecule has 0 heterocycles. The lowest BCUT2D eigenvalue weighted by atomic mass is 9.48. The van der Waals surface area contributed by atoms with Crippen molar-refractivity contribution in [2.45, 2.75) is 63.3 Å². The summed E-state index contributed by atoms with van der Waals surface area (Å²) in [5.74, 6) is 2.25. The van der Waals surface area contributed by atoms with Gasteiger partial charge < -0.3 is 0 Å². The summed E-state index contributed by atoms with van der Waals surface area (Å²) in [5.41, 5.74) is 0.560. The summed E-state index contributed by atoms with van der Waals surface area (Å²) in [4.78, 5) is 11.8. The van der Waals surface area contributed by atoms with E-state index in [9.17, 15) is 13.2 Å². The quantitative estimate of drug-likeness (QED) is 0.812. The molecular weight excluding hydrogens is 334 g/mol. The van der Waals surface area contributed by atoms with Crippen molar-refractivity contribution in [2.24, 2.45) is 23.2 Å². The number of rotatable bonds is 5. The number of carbonyl (C=O) groups excluding carboxylic acids is 1. The zero-order chi connectivity index (χ0) is 17.8. The van der Waals surface area contributed by atoms with Crippen molar-refractivity contribution in [1.29, 1.82) is 0 Å². The Bertz CT molecular complexity index is 764. The van der Waals surface area contributed by atoms with Crippen molar-refractivity contribution in [3.05, 3.63) is 29.8 Å². The van der Waals surface area contributed by atoms with Crippen LogP contribution in [0.4, 0.5) is 0 Å². The van der Waals surface area contributed by atoms with Crippen LogP contribution in [0.1, 0.15) is 62.7 Å². The zero-order valence-electron chi connectivity index (χ0n) is 15.0. The van der Waals surface area contributed by atoms with Gasteiger partial charge in [0.05, 0.1) is 4.90 Å². The van der Waals surface area contributed by atoms with Gasteiger partial charge >= 0.3 is 0 Å². The second-order valence-electron chi connectivity index (χ2n) is 8.71. The van der Waals surface area contributed by atoms with E-state index in [1.807, 2.05) is 6.92 Å². The van der Waals surface area contributed by atoms with Crippen molar-refractivity contribution in [3.63, 3.8) is 0 Å². The van der Waals surface area contributed by atoms with Crippen LogP contribution in [0.2, 0.25) is 0 Å². The van der Waals surface area contributed by atoms with Crippen LogP contribution in [0.3, 0.4) is 0 Å². The number of nitrogens with one attached hydrogen (secondary N) is 1. The van der Waals surface area contributed by atoms with E-state index in [1.165, 1.54) is 32.3 Å². The number of Topliss-reactive ketones (excluding diaryl/α,β-unsaturated/α-hetero) is 1. The molecule has 0 aromatic heterocycles. The van der Waals surface area contributed by atoms with Crippen molar-refractivity contribution in [2.75, 3.05) is 0 Å². The van der Waals surface area contributed by atoms with Gasteiger partial charge in [-0.05, 0) is 87.7 Å². The van der Waals surface area contributed by atoms with Gasteiger partial charge in [0, 0.05) is 11.6 Å². The molecule has 5 heteroatoms. The fraction of sp³-hybridized carbons (Fsp3) is 0.650. The van der Waals surface area contributed by atoms with Crippen LogP contribution in [0.25, 0.3) is 0 Å². The molecule has 25 heavy (non-hydrogen) atoms. The molecule has 4 fully saturated rings. The Kier molecular flexibility index (Phi) is 4.08. The monoisotopic (exact) mass is 361 g/mol. The zero-order valence-corrected chi connectivity index (χ0v) is 15.8. The number of hydrogen-bond donors (Lipinski definition) is 1. The molecule has 1 unspecified atom stereocenters. The normalized spacial score (nSPS) is 34.9. The van der Waals surface area contributed by atoms with Gasteiger partial charge in [-0.1, -0.05) is 12.1 Å². The van der Waals surface area contributed by atoms with Crippen LogP contribution in [0, 0.1) is 23.2 Å². The van der Waals surface area contributed by atoms with Crippen molar-refractivity contribution >= 4 is 15.8 Å². The third-order valence-corrected chi connectivity index (χ3v) is 8.43. The highest BCUT2D eigenvalue weighted by Gasteiger charge is 2.53. The first-order valence-electron chi connectivity index (χ1n) is 9.41. The van der Waals surface area contributed by atoms with E-state index in [0.29, 0.717) is 5.56 Å². The van der Waals surface area contributed by atoms with Crippen LogP contribution < -0.4 is 4.72 Å². The van der Waals surface area contributed by atoms with E-state index in [2.05, 4.69) is 4.72 Å². The largest absolute Gasteiger partial charge is 0.295 e. The molecule has 136 valence electrons. The minimum atomic E-state index is -3.61. The Hall–Kier alpha value is -1.20. The van der Waals surface area contributed by atoms with Crippen LogP contribution in [0.15, 0.2) is 29.2 Å². The summed E-state index contributed by atoms with van der Waals surface area (Å²) < 4.78 is 28.7. The first-order chi connectivity index (χ1) is 11.8. The number of carbonyl (C=O) groups is 1. The van der Waals surface area contributed by atoms with E-state index >= 15 is 0 Å². The third kappa shape index (κ3) is 3.06. The smallest absolute Gasteiger partial charge is 0.240 e. The van der Waals surface area contributed by atoms with E-state index in [-0.39, 0.29) is 22.1 Å². The van der Waals surface area contributed by atoms with Crippen LogP contribution >= 0.6 is 0 Å². The molecule has 1 N–H and O–H groups in total. The maximum Gasteiger partial charge on any atom is 0.240 e. The van der Waals surface area contributed by atoms with E-state index in [4.69, 9.17) is 0 Å². The Morgan fingerprint density at radius 1 is 1.12 bits per heavy atom. The van der Waals surface area contributed by atoms with Gasteiger partial charge in [0.25, 0.3) is 0 Å². The molecule has 0 spiro atoms. The summed E-state index contributed by atoms with van der Waals surface area (Å²) >= 11 is 0. The van der Waals surface area contributed by atoms with Crippen molar-refractivity contribution < 1.29 is 13.2 Å². The highest BCUT2D eigenvalue weighted by Crippen LogP contribution is 2.61. The maximum atomic E-state index is 12.9. The summed E-state index contributed by atoms with van der Waals surface area (Å²) in [6.45, 7) is 3.50. The standard InChI is InChI=1S/C20H27NO3S/c1-13(22)18-4-3-5-19(9-18)25(23,24)21-14(2)20-10-15-6-16(11-20)8-17(7-15)12-20/h3-5,9,14-17,21H,6-8,10-12H2,1-2H3. The van der Waals surface area contributed by atoms with E-state index in [0.717, 1.165) is 37.0 Å². The average molecular weight is 362 g/mol. The number of hydrogen-bond acceptors (Lipinski definition) is 3. The summed E-state index contributed by atoms with van der Waals surface area (Å²) in [6.07, 6.45) is 7.53. The molecule has 4 saturated carbocycles. The lowest BCUT2D eigenvalue weighted by molar-refractivity contribution is -0.0666. The molecule has 1 aromatic rings. The molecule has 4 nitrogen and oxygen atoms in total. The minimum absolute atomic E-state index is 0.0631. The number of ketones is 1.